The molecule has 0 spiro atoms. The van der Waals surface area contributed by atoms with Crippen LogP contribution in [-0.2, 0) is 79.4 Å². The lowest BCUT2D eigenvalue weighted by Gasteiger charge is -2.31. The Kier molecular flexibility index (Phi) is 16.2. The van der Waals surface area contributed by atoms with Crippen LogP contribution in [0.5, 0.6) is 0 Å². The molecule has 6 aromatic rings. The van der Waals surface area contributed by atoms with Gasteiger partial charge in [0.2, 0.25) is 29.5 Å². The van der Waals surface area contributed by atoms with Crippen molar-refractivity contribution in [2.45, 2.75) is 115 Å². The van der Waals surface area contributed by atoms with E-state index >= 15 is 4.39 Å². The van der Waals surface area contributed by atoms with Gasteiger partial charge in [-0.1, -0.05) is 85.8 Å². The van der Waals surface area contributed by atoms with Gasteiger partial charge in [-0.3, -0.25) is 33.6 Å². The van der Waals surface area contributed by atoms with Gasteiger partial charge in [-0.2, -0.15) is 0 Å². The lowest BCUT2D eigenvalue weighted by molar-refractivity contribution is -0.172. The highest BCUT2D eigenvalue weighted by molar-refractivity contribution is 5.96. The number of aliphatic hydroxyl groups is 1. The first-order chi connectivity index (χ1) is 40.1. The van der Waals surface area contributed by atoms with Crippen LogP contribution in [0.3, 0.4) is 0 Å². The fourth-order valence-corrected chi connectivity index (χ4v) is 11.6. The summed E-state index contributed by atoms with van der Waals surface area (Å²) >= 11 is 0. The van der Waals surface area contributed by atoms with Crippen molar-refractivity contribution < 1.29 is 62.1 Å². The molecule has 4 atom stereocenters. The number of benzene rings is 4. The van der Waals surface area contributed by atoms with Gasteiger partial charge in [0.25, 0.3) is 5.56 Å². The van der Waals surface area contributed by atoms with Gasteiger partial charge in [0, 0.05) is 34.9 Å². The second kappa shape index (κ2) is 23.5. The topological polar surface area (TPSA) is 292 Å². The summed E-state index contributed by atoms with van der Waals surface area (Å²) in [6.07, 6.45) is -1.01. The molecule has 0 saturated carbocycles. The number of hydrogen-bond acceptors (Lipinski definition) is 14. The SMILES string of the molecule is CC[C@@]1(O)C(=O)OCc2c1cc1n(c2=O)Cc2c-1nc1cc(F)c(C)c3c1c2C(NC(=O)CNC(=O)[C@H](Cc1ccccc1)NC(=O)CNC(=O)CNC(=O)[C@H](CC(=O)OC(C)(C)C)NC(=O)OCC1c2ccccc2-c2ccccc21)CC3. The van der Waals surface area contributed by atoms with E-state index in [1.54, 1.807) is 71.0 Å². The number of ether oxygens (including phenoxy) is 3. The summed E-state index contributed by atoms with van der Waals surface area (Å²) in [6.45, 7) is 5.91. The van der Waals surface area contributed by atoms with Crippen LogP contribution in [0.2, 0.25) is 0 Å². The summed E-state index contributed by atoms with van der Waals surface area (Å²) in [5.41, 5.74) is 4.55. The Morgan fingerprint density at radius 1 is 0.810 bits per heavy atom. The van der Waals surface area contributed by atoms with Gasteiger partial charge in [-0.15, -0.1) is 0 Å². The van der Waals surface area contributed by atoms with Gasteiger partial charge in [0.15, 0.2) is 5.60 Å². The maximum atomic E-state index is 15.5. The minimum atomic E-state index is -2.08. The molecule has 436 valence electrons. The minimum absolute atomic E-state index is 0.0159. The summed E-state index contributed by atoms with van der Waals surface area (Å²) in [7, 11) is 0. The van der Waals surface area contributed by atoms with Crippen molar-refractivity contribution in [3.8, 4) is 22.5 Å². The monoisotopic (exact) mass is 1150 g/mol. The average molecular weight is 1150 g/mol. The molecule has 2 aromatic heterocycles. The Balaban J connectivity index is 0.770. The highest BCUT2D eigenvalue weighted by Crippen LogP contribution is 2.47. The number of hydrogen-bond donors (Lipinski definition) is 7. The fourth-order valence-electron chi connectivity index (χ4n) is 11.6. The summed E-state index contributed by atoms with van der Waals surface area (Å²) in [5.74, 6) is -6.35. The number of carbonyl (C=O) groups is 8. The molecule has 22 heteroatoms. The molecule has 6 amide bonds. The highest BCUT2D eigenvalue weighted by atomic mass is 19.1. The molecule has 0 radical (unpaired) electrons. The molecule has 2 aliphatic heterocycles. The standard InChI is InChI=1S/C62H63FN8O13/c1-6-62(81)42-23-48-55-39(29-71(48)58(78)41(42)31-82-59(62)79)54-44(21-20-34-32(2)43(63)24-45(69-55)53(34)54)67-51(74)28-66-56(76)46(22-33-14-8-7-9-15-33)68-50(73)27-64-49(72)26-65-57(77)47(25-52(75)84-61(3,4)5)70-60(80)83-30-40-37-18-12-10-16-35(37)36-17-11-13-19-38(36)40/h7-19,23-24,40,44,46-47,81H,6,20-22,25-31H2,1-5H3,(H,64,72)(H,65,77)(H,66,76)(H,67,74)(H,68,73)(H,70,80)/t44?,46-,47-,62-/m0/s1. The van der Waals surface area contributed by atoms with Gasteiger partial charge >= 0.3 is 18.0 Å². The fraction of sp³-hybridized carbons (Fsp3) is 0.355. The molecule has 1 unspecified atom stereocenters. The number of amides is 6. The smallest absolute Gasteiger partial charge is 0.407 e. The number of aromatic nitrogens is 2. The van der Waals surface area contributed by atoms with Crippen LogP contribution in [0.4, 0.5) is 9.18 Å². The second-order valence-electron chi connectivity index (χ2n) is 22.3. The molecule has 0 bridgehead atoms. The van der Waals surface area contributed by atoms with E-state index in [9.17, 15) is 48.3 Å². The van der Waals surface area contributed by atoms with Crippen LogP contribution in [0.15, 0.2) is 95.8 Å². The first-order valence-electron chi connectivity index (χ1n) is 27.7. The normalized spacial score (nSPS) is 16.9. The van der Waals surface area contributed by atoms with E-state index < -0.39 is 114 Å². The molecule has 4 aromatic carbocycles. The van der Waals surface area contributed by atoms with E-state index in [0.29, 0.717) is 57.4 Å². The third-order valence-electron chi connectivity index (χ3n) is 15.7. The summed E-state index contributed by atoms with van der Waals surface area (Å²) in [5, 5.41) is 27.5. The molecule has 0 saturated heterocycles. The molecular weight excluding hydrogens is 1080 g/mol. The summed E-state index contributed by atoms with van der Waals surface area (Å²) in [6, 6.07) is 23.6. The second-order valence-corrected chi connectivity index (χ2v) is 22.3. The van der Waals surface area contributed by atoms with Gasteiger partial charge in [0.1, 0.15) is 36.7 Å². The average Bonchev–Trinajstić information content (AvgIpc) is 1.61. The van der Waals surface area contributed by atoms with Crippen LogP contribution in [-0.4, -0.2) is 106 Å². The van der Waals surface area contributed by atoms with Crippen molar-refractivity contribution in [2.24, 2.45) is 0 Å². The van der Waals surface area contributed by atoms with Crippen LogP contribution in [0, 0.1) is 12.7 Å². The number of nitrogens with zero attached hydrogens (tertiary/aromatic N) is 2. The summed E-state index contributed by atoms with van der Waals surface area (Å²) < 4.78 is 33.3. The summed E-state index contributed by atoms with van der Waals surface area (Å²) in [4.78, 5) is 126. The molecule has 2 aliphatic carbocycles. The van der Waals surface area contributed by atoms with Crippen molar-refractivity contribution in [2.75, 3.05) is 26.2 Å². The molecule has 7 N–H and O–H groups in total. The third-order valence-corrected chi connectivity index (χ3v) is 15.7. The van der Waals surface area contributed by atoms with Gasteiger partial charge in [-0.05, 0) is 97.5 Å². The zero-order valence-corrected chi connectivity index (χ0v) is 46.9. The lowest BCUT2D eigenvalue weighted by Crippen LogP contribution is -2.53. The van der Waals surface area contributed by atoms with Crippen LogP contribution >= 0.6 is 0 Å². The maximum Gasteiger partial charge on any atom is 0.407 e. The molecule has 84 heavy (non-hydrogen) atoms. The van der Waals surface area contributed by atoms with E-state index in [2.05, 4.69) is 31.9 Å². The largest absolute Gasteiger partial charge is 0.460 e. The number of pyridine rings is 2. The Morgan fingerprint density at radius 2 is 1.45 bits per heavy atom. The Hall–Kier alpha value is -9.31. The van der Waals surface area contributed by atoms with E-state index in [1.165, 1.54) is 10.6 Å². The van der Waals surface area contributed by atoms with Crippen molar-refractivity contribution in [3.05, 3.63) is 157 Å². The highest BCUT2D eigenvalue weighted by Gasteiger charge is 2.46. The third kappa shape index (κ3) is 11.7. The van der Waals surface area contributed by atoms with Crippen molar-refractivity contribution >= 4 is 58.5 Å². The molecule has 4 heterocycles. The maximum absolute atomic E-state index is 15.5. The molecule has 0 fully saturated rings. The lowest BCUT2D eigenvalue weighted by atomic mass is 9.81. The molecule has 21 nitrogen and oxygen atoms in total. The zero-order valence-electron chi connectivity index (χ0n) is 46.9. The number of alkyl carbamates (subject to hydrolysis) is 1. The van der Waals surface area contributed by atoms with E-state index in [1.807, 2.05) is 48.5 Å². The number of carbonyl (C=O) groups excluding carboxylic acids is 8. The zero-order chi connectivity index (χ0) is 59.8. The first-order valence-corrected chi connectivity index (χ1v) is 27.7. The van der Waals surface area contributed by atoms with Gasteiger partial charge in [-0.25, -0.2) is 19.0 Å². The van der Waals surface area contributed by atoms with E-state index in [-0.39, 0.29) is 55.2 Å². The molecule has 10 rings (SSSR count). The number of nitrogens with one attached hydrogen (secondary N) is 6. The first kappa shape index (κ1) is 57.9. The molecular formula is C62H63FN8O13. The van der Waals surface area contributed by atoms with Gasteiger partial charge in [0.05, 0.1) is 61.1 Å². The minimum Gasteiger partial charge on any atom is -0.460 e. The number of cyclic esters (lactones) is 1. The van der Waals surface area contributed by atoms with Gasteiger partial charge < -0.3 is 55.8 Å². The Labute approximate surface area is 481 Å². The number of halogens is 1. The van der Waals surface area contributed by atoms with Crippen LogP contribution < -0.4 is 37.5 Å². The molecule has 4 aliphatic rings. The van der Waals surface area contributed by atoms with E-state index in [0.717, 1.165) is 22.3 Å². The number of rotatable bonds is 18. The van der Waals surface area contributed by atoms with Crippen LogP contribution in [0.1, 0.15) is 109 Å². The van der Waals surface area contributed by atoms with Crippen molar-refractivity contribution in [3.63, 3.8) is 0 Å². The number of esters is 2. The van der Waals surface area contributed by atoms with Crippen LogP contribution in [0.25, 0.3) is 33.4 Å². The predicted molar refractivity (Wildman–Crippen MR) is 302 cm³/mol. The van der Waals surface area contributed by atoms with E-state index in [4.69, 9.17) is 19.2 Å². The predicted octanol–water partition coefficient (Wildman–Crippen LogP) is 4.35. The van der Waals surface area contributed by atoms with Crippen molar-refractivity contribution in [1.29, 1.82) is 0 Å². The quantitative estimate of drug-likeness (QED) is 0.0465. The number of fused-ring (bicyclic) bond motifs is 8. The Morgan fingerprint density at radius 3 is 2.13 bits per heavy atom. The number of aryl methyl sites for hydroxylation is 1. The van der Waals surface area contributed by atoms with Crippen molar-refractivity contribution in [1.82, 2.24) is 41.5 Å². The Bertz CT molecular complexity index is 3720.